The first-order valence-electron chi connectivity index (χ1n) is 20.8. The number of hydrogen-bond acceptors (Lipinski definition) is 7. The normalized spacial score (nSPS) is 19.5. The lowest BCUT2D eigenvalue weighted by Gasteiger charge is -2.29. The van der Waals surface area contributed by atoms with Gasteiger partial charge in [-0.2, -0.15) is 0 Å². The third-order valence-corrected chi connectivity index (χ3v) is 11.4. The van der Waals surface area contributed by atoms with Crippen LogP contribution in [0.15, 0.2) is 15.8 Å². The number of H-pyrrole nitrogens is 1. The quantitative estimate of drug-likeness (QED) is 0.0486. The summed E-state index contributed by atoms with van der Waals surface area (Å²) in [7, 11) is 0. The number of nitrogens with zero attached hydrogens (tertiary/aromatic N) is 1. The van der Waals surface area contributed by atoms with Gasteiger partial charge in [-0.15, -0.1) is 0 Å². The lowest BCUT2D eigenvalue weighted by Crippen LogP contribution is -2.53. The molecule has 1 aliphatic rings. The fourth-order valence-corrected chi connectivity index (χ4v) is 7.75. The largest absolute Gasteiger partial charge is 0.382 e. The van der Waals surface area contributed by atoms with Crippen LogP contribution in [0.1, 0.15) is 206 Å². The molecule has 1 unspecified atom stereocenters. The first-order chi connectivity index (χ1) is 24.7. The molecule has 0 aliphatic carbocycles. The maximum absolute atomic E-state index is 13.6. The summed E-state index contributed by atoms with van der Waals surface area (Å²) in [6.07, 6.45) is 27.4. The van der Waals surface area contributed by atoms with Gasteiger partial charge in [-0.25, -0.2) is 4.79 Å². The molecule has 0 spiro atoms. The Morgan fingerprint density at radius 1 is 0.745 bits per heavy atom. The first-order valence-corrected chi connectivity index (χ1v) is 21.9. The molecule has 0 saturated carbocycles. The van der Waals surface area contributed by atoms with Crippen LogP contribution in [-0.4, -0.2) is 49.1 Å². The molecule has 9 nitrogen and oxygen atoms in total. The van der Waals surface area contributed by atoms with Gasteiger partial charge in [-0.05, 0) is 35.4 Å². The Kier molecular flexibility index (Phi) is 24.5. The highest BCUT2D eigenvalue weighted by Crippen LogP contribution is 2.40. The Labute approximate surface area is 321 Å². The van der Waals surface area contributed by atoms with E-state index in [1.165, 1.54) is 122 Å². The average Bonchev–Trinajstić information content (AvgIpc) is 3.47. The minimum atomic E-state index is -2.13. The maximum atomic E-state index is 13.6. The van der Waals surface area contributed by atoms with E-state index in [-0.39, 0.29) is 22.8 Å². The minimum absolute atomic E-state index is 0.0959. The summed E-state index contributed by atoms with van der Waals surface area (Å²) in [5, 5.41) is 23.0. The molecule has 10 heteroatoms. The number of ketones is 2. The summed E-state index contributed by atoms with van der Waals surface area (Å²) in [6, 6.07) is 0. The van der Waals surface area contributed by atoms with Gasteiger partial charge in [0.25, 0.3) is 5.56 Å². The molecule has 51 heavy (non-hydrogen) atoms. The molecular formula is C41H71IN2O7. The van der Waals surface area contributed by atoms with Crippen LogP contribution >= 0.6 is 22.6 Å². The van der Waals surface area contributed by atoms with Gasteiger partial charge in [0.2, 0.25) is 0 Å². The number of aliphatic hydroxyl groups is 2. The molecule has 3 N–H and O–H groups in total. The van der Waals surface area contributed by atoms with Gasteiger partial charge in [0, 0.05) is 25.5 Å². The lowest BCUT2D eigenvalue weighted by molar-refractivity contribution is -0.160. The summed E-state index contributed by atoms with van der Waals surface area (Å²) in [6.45, 7) is 4.48. The van der Waals surface area contributed by atoms with E-state index in [1.54, 1.807) is 22.6 Å². The van der Waals surface area contributed by atoms with E-state index in [2.05, 4.69) is 18.8 Å². The molecule has 1 fully saturated rings. The molecule has 1 aromatic heterocycles. The smallest absolute Gasteiger partial charge is 0.330 e. The second-order valence-electron chi connectivity index (χ2n) is 15.1. The molecule has 2 heterocycles. The van der Waals surface area contributed by atoms with E-state index >= 15 is 0 Å². The predicted molar refractivity (Wildman–Crippen MR) is 214 cm³/mol. The van der Waals surface area contributed by atoms with Crippen molar-refractivity contribution in [2.75, 3.05) is 0 Å². The van der Waals surface area contributed by atoms with E-state index in [0.717, 1.165) is 43.1 Å². The van der Waals surface area contributed by atoms with Crippen LogP contribution < -0.4 is 11.2 Å². The average molecular weight is 831 g/mol. The third kappa shape index (κ3) is 17.5. The second-order valence-corrected chi connectivity index (χ2v) is 16.3. The third-order valence-electron chi connectivity index (χ3n) is 10.6. The zero-order chi connectivity index (χ0) is 37.3. The van der Waals surface area contributed by atoms with Crippen LogP contribution in [0.5, 0.6) is 0 Å². The van der Waals surface area contributed by atoms with E-state index in [1.807, 2.05) is 0 Å². The minimum Gasteiger partial charge on any atom is -0.382 e. The van der Waals surface area contributed by atoms with Gasteiger partial charge in [-0.3, -0.25) is 23.9 Å². The molecule has 294 valence electrons. The van der Waals surface area contributed by atoms with Gasteiger partial charge >= 0.3 is 5.69 Å². The monoisotopic (exact) mass is 830 g/mol. The molecule has 0 amide bonds. The van der Waals surface area contributed by atoms with Crippen molar-refractivity contribution in [1.82, 2.24) is 9.55 Å². The highest BCUT2D eigenvalue weighted by atomic mass is 127. The number of hydrogen-bond donors (Lipinski definition) is 3. The van der Waals surface area contributed by atoms with Crippen molar-refractivity contribution < 1.29 is 24.5 Å². The van der Waals surface area contributed by atoms with Crippen molar-refractivity contribution in [3.8, 4) is 0 Å². The Balaban J connectivity index is 1.82. The van der Waals surface area contributed by atoms with Gasteiger partial charge in [-0.1, -0.05) is 168 Å². The highest BCUT2D eigenvalue weighted by Gasteiger charge is 2.56. The number of rotatable bonds is 32. The van der Waals surface area contributed by atoms with Gasteiger partial charge < -0.3 is 14.9 Å². The number of Topliss-reactive ketones (excluding diaryl/α,β-unsaturated/α-hetero) is 2. The van der Waals surface area contributed by atoms with Gasteiger partial charge in [0.15, 0.2) is 17.2 Å². The van der Waals surface area contributed by atoms with Gasteiger partial charge in [0.05, 0.1) is 3.57 Å². The summed E-state index contributed by atoms with van der Waals surface area (Å²) in [4.78, 5) is 53.6. The molecular weight excluding hydrogens is 759 g/mol. The molecule has 2 rings (SSSR count). The number of nitrogens with one attached hydrogen (secondary N) is 1. The van der Waals surface area contributed by atoms with Gasteiger partial charge in [0.1, 0.15) is 18.4 Å². The standard InChI is InChI=1S/C41H71IN2O7/c1-3-5-7-9-11-13-15-17-19-21-23-25-27-29-34(45)37(47)38-41(50,31-36(51-38)44-32-33(42)39(48)43-40(44)49)35(46)30-28-26-24-22-20-18-16-14-12-10-8-6-4-2/h32,36-38,47,50H,3-31H2,1-2H3,(H,43,48,49)/t36-,37?,38-,41-/m1/s1. The van der Waals surface area contributed by atoms with Crippen LogP contribution in [0.25, 0.3) is 0 Å². The van der Waals surface area contributed by atoms with E-state index in [0.29, 0.717) is 12.8 Å². The number of ether oxygens (including phenoxy) is 1. The number of aromatic nitrogens is 2. The number of unbranched alkanes of at least 4 members (excludes halogenated alkanes) is 24. The maximum Gasteiger partial charge on any atom is 0.330 e. The zero-order valence-corrected chi connectivity index (χ0v) is 34.2. The van der Waals surface area contributed by atoms with Crippen molar-refractivity contribution in [3.05, 3.63) is 30.6 Å². The van der Waals surface area contributed by atoms with Crippen molar-refractivity contribution in [2.45, 2.75) is 224 Å². The molecule has 0 aromatic carbocycles. The Bertz CT molecular complexity index is 1220. The number of aromatic amines is 1. The van der Waals surface area contributed by atoms with E-state index in [9.17, 15) is 29.4 Å². The van der Waals surface area contributed by atoms with Crippen LogP contribution in [0.4, 0.5) is 0 Å². The fourth-order valence-electron chi connectivity index (χ4n) is 7.31. The molecule has 0 radical (unpaired) electrons. The van der Waals surface area contributed by atoms with Crippen molar-refractivity contribution in [3.63, 3.8) is 0 Å². The molecule has 1 aliphatic heterocycles. The summed E-state index contributed by atoms with van der Waals surface area (Å²) >= 11 is 1.79. The first kappa shape index (κ1) is 45.8. The summed E-state index contributed by atoms with van der Waals surface area (Å²) in [5.74, 6) is -0.961. The van der Waals surface area contributed by atoms with E-state index in [4.69, 9.17) is 4.74 Å². The lowest BCUT2D eigenvalue weighted by atomic mass is 9.83. The molecule has 0 bridgehead atoms. The predicted octanol–water partition coefficient (Wildman–Crippen LogP) is 9.62. The number of carbonyl (C=O) groups is 2. The van der Waals surface area contributed by atoms with Crippen LogP contribution in [0.2, 0.25) is 0 Å². The zero-order valence-electron chi connectivity index (χ0n) is 32.1. The fraction of sp³-hybridized carbons (Fsp3) is 0.854. The molecule has 4 atom stereocenters. The van der Waals surface area contributed by atoms with E-state index < -0.39 is 46.9 Å². The summed E-state index contributed by atoms with van der Waals surface area (Å²) < 4.78 is 7.33. The number of halogens is 1. The molecule has 1 saturated heterocycles. The van der Waals surface area contributed by atoms with Crippen molar-refractivity contribution >= 4 is 34.2 Å². The number of aliphatic hydroxyl groups excluding tert-OH is 1. The Hall–Kier alpha value is -1.37. The topological polar surface area (TPSA) is 139 Å². The van der Waals surface area contributed by atoms with Crippen LogP contribution in [-0.2, 0) is 14.3 Å². The van der Waals surface area contributed by atoms with Crippen LogP contribution in [0, 0.1) is 3.57 Å². The highest BCUT2D eigenvalue weighted by molar-refractivity contribution is 14.1. The number of carbonyl (C=O) groups excluding carboxylic acids is 2. The van der Waals surface area contributed by atoms with Crippen molar-refractivity contribution in [1.29, 1.82) is 0 Å². The van der Waals surface area contributed by atoms with Crippen LogP contribution in [0.3, 0.4) is 0 Å². The summed E-state index contributed by atoms with van der Waals surface area (Å²) in [5.41, 5.74) is -3.42. The Morgan fingerprint density at radius 3 is 1.57 bits per heavy atom. The van der Waals surface area contributed by atoms with Crippen molar-refractivity contribution in [2.24, 2.45) is 0 Å². The Morgan fingerprint density at radius 2 is 1.14 bits per heavy atom. The SMILES string of the molecule is CCCCCCCCCCCCCCCC(=O)C(O)[C@H]1O[C@@H](n2cc(I)c(=O)[nH]c2=O)C[C@@]1(O)C(=O)CCCCCCCCCCCCCCC. The second kappa shape index (κ2) is 27.2. The molecule has 1 aromatic rings.